The monoisotopic (exact) mass is 410 g/mol. The van der Waals surface area contributed by atoms with Gasteiger partial charge in [0.2, 0.25) is 0 Å². The van der Waals surface area contributed by atoms with E-state index in [1.54, 1.807) is 24.3 Å². The third kappa shape index (κ3) is 4.03. The van der Waals surface area contributed by atoms with E-state index in [1.807, 2.05) is 4.90 Å². The Balaban J connectivity index is 0.00000225. The standard InChI is InChI=1S/C21H21F3N2O.ClH/c22-18-9-17(10-19(23)20(18)24)13-1-3-14(4-2-13)21(27)26-7-5-15-11-25-12-16(15)6-8-26;/h1-4,9-10,15-16,25H,5-8,11-12H2;1H/t15-,16+;. The van der Waals surface area contributed by atoms with Crippen molar-refractivity contribution in [2.75, 3.05) is 26.2 Å². The summed E-state index contributed by atoms with van der Waals surface area (Å²) in [5.74, 6) is -2.66. The summed E-state index contributed by atoms with van der Waals surface area (Å²) in [6.07, 6.45) is 2.02. The number of benzene rings is 2. The number of hydrogen-bond acceptors (Lipinski definition) is 2. The second kappa shape index (κ2) is 8.53. The first-order chi connectivity index (χ1) is 13.0. The summed E-state index contributed by atoms with van der Waals surface area (Å²) in [7, 11) is 0. The number of amides is 1. The Bertz CT molecular complexity index is 822. The van der Waals surface area contributed by atoms with E-state index in [1.165, 1.54) is 0 Å². The molecule has 2 atom stereocenters. The van der Waals surface area contributed by atoms with Gasteiger partial charge in [0.1, 0.15) is 0 Å². The highest BCUT2D eigenvalue weighted by molar-refractivity contribution is 5.94. The maximum Gasteiger partial charge on any atom is 0.253 e. The molecule has 3 nitrogen and oxygen atoms in total. The summed E-state index contributed by atoms with van der Waals surface area (Å²) < 4.78 is 40.0. The fourth-order valence-electron chi connectivity index (χ4n) is 4.13. The van der Waals surface area contributed by atoms with E-state index < -0.39 is 17.5 Å². The molecule has 0 radical (unpaired) electrons. The number of carbonyl (C=O) groups is 1. The van der Waals surface area contributed by atoms with Gasteiger partial charge in [-0.25, -0.2) is 13.2 Å². The fraction of sp³-hybridized carbons (Fsp3) is 0.381. The number of carbonyl (C=O) groups excluding carboxylic acids is 1. The van der Waals surface area contributed by atoms with Gasteiger partial charge in [0.25, 0.3) is 5.91 Å². The van der Waals surface area contributed by atoms with E-state index in [0.717, 1.165) is 51.2 Å². The number of fused-ring (bicyclic) bond motifs is 1. The first kappa shape index (κ1) is 20.7. The summed E-state index contributed by atoms with van der Waals surface area (Å²) in [5.41, 5.74) is 1.31. The van der Waals surface area contributed by atoms with Gasteiger partial charge in [-0.15, -0.1) is 12.4 Å². The van der Waals surface area contributed by atoms with Gasteiger partial charge >= 0.3 is 0 Å². The predicted molar refractivity (Wildman–Crippen MR) is 104 cm³/mol. The van der Waals surface area contributed by atoms with Crippen LogP contribution in [0.1, 0.15) is 23.2 Å². The van der Waals surface area contributed by atoms with Crippen molar-refractivity contribution in [1.82, 2.24) is 10.2 Å². The molecule has 2 aromatic carbocycles. The highest BCUT2D eigenvalue weighted by Gasteiger charge is 2.31. The molecule has 0 spiro atoms. The summed E-state index contributed by atoms with van der Waals surface area (Å²) in [6.45, 7) is 3.56. The molecule has 4 rings (SSSR count). The molecule has 2 aliphatic rings. The van der Waals surface area contributed by atoms with Crippen LogP contribution in [-0.4, -0.2) is 37.0 Å². The van der Waals surface area contributed by atoms with Crippen LogP contribution in [0.15, 0.2) is 36.4 Å². The average molecular weight is 411 g/mol. The maximum atomic E-state index is 13.4. The molecule has 2 aromatic rings. The predicted octanol–water partition coefficient (Wildman–Crippen LogP) is 4.26. The molecule has 0 aliphatic carbocycles. The van der Waals surface area contributed by atoms with E-state index in [-0.39, 0.29) is 23.9 Å². The molecule has 2 saturated heterocycles. The van der Waals surface area contributed by atoms with Crippen molar-refractivity contribution < 1.29 is 18.0 Å². The highest BCUT2D eigenvalue weighted by Crippen LogP contribution is 2.28. The molecule has 7 heteroatoms. The molecule has 1 amide bonds. The van der Waals surface area contributed by atoms with Crippen LogP contribution < -0.4 is 5.32 Å². The zero-order valence-electron chi connectivity index (χ0n) is 15.3. The Morgan fingerprint density at radius 3 is 1.96 bits per heavy atom. The number of hydrogen-bond donors (Lipinski definition) is 1. The van der Waals surface area contributed by atoms with E-state index in [0.29, 0.717) is 23.0 Å². The largest absolute Gasteiger partial charge is 0.339 e. The van der Waals surface area contributed by atoms with Crippen LogP contribution in [0.5, 0.6) is 0 Å². The molecule has 2 heterocycles. The van der Waals surface area contributed by atoms with Gasteiger partial charge in [-0.05, 0) is 73.2 Å². The minimum atomic E-state index is -1.48. The second-order valence-electron chi connectivity index (χ2n) is 7.38. The van der Waals surface area contributed by atoms with Gasteiger partial charge in [0.05, 0.1) is 0 Å². The molecule has 1 N–H and O–H groups in total. The first-order valence-electron chi connectivity index (χ1n) is 9.28. The summed E-state index contributed by atoms with van der Waals surface area (Å²) in [6, 6.07) is 8.49. The fourth-order valence-corrected chi connectivity index (χ4v) is 4.13. The van der Waals surface area contributed by atoms with Crippen molar-refractivity contribution in [3.8, 4) is 11.1 Å². The van der Waals surface area contributed by atoms with Crippen molar-refractivity contribution in [2.24, 2.45) is 11.8 Å². The third-order valence-electron chi connectivity index (χ3n) is 5.76. The van der Waals surface area contributed by atoms with E-state index in [9.17, 15) is 18.0 Å². The van der Waals surface area contributed by atoms with Crippen LogP contribution >= 0.6 is 12.4 Å². The lowest BCUT2D eigenvalue weighted by atomic mass is 9.92. The van der Waals surface area contributed by atoms with Crippen LogP contribution in [0, 0.1) is 29.3 Å². The molecule has 0 aromatic heterocycles. The molecular formula is C21H22ClF3N2O. The van der Waals surface area contributed by atoms with Gasteiger partial charge in [0.15, 0.2) is 17.5 Å². The van der Waals surface area contributed by atoms with Gasteiger partial charge in [0, 0.05) is 18.7 Å². The first-order valence-corrected chi connectivity index (χ1v) is 9.28. The Labute approximate surface area is 168 Å². The molecule has 0 bridgehead atoms. The number of likely N-dealkylation sites (tertiary alicyclic amines) is 1. The quantitative estimate of drug-likeness (QED) is 0.750. The van der Waals surface area contributed by atoms with Gasteiger partial charge < -0.3 is 10.2 Å². The van der Waals surface area contributed by atoms with Crippen molar-refractivity contribution in [1.29, 1.82) is 0 Å². The Kier molecular flexibility index (Phi) is 6.30. The highest BCUT2D eigenvalue weighted by atomic mass is 35.5. The van der Waals surface area contributed by atoms with Crippen LogP contribution in [0.4, 0.5) is 13.2 Å². The molecule has 0 saturated carbocycles. The topological polar surface area (TPSA) is 32.3 Å². The third-order valence-corrected chi connectivity index (χ3v) is 5.76. The van der Waals surface area contributed by atoms with Crippen LogP contribution in [-0.2, 0) is 0 Å². The van der Waals surface area contributed by atoms with Crippen molar-refractivity contribution in [3.05, 3.63) is 59.4 Å². The minimum Gasteiger partial charge on any atom is -0.339 e. The van der Waals surface area contributed by atoms with Crippen molar-refractivity contribution >= 4 is 18.3 Å². The summed E-state index contributed by atoms with van der Waals surface area (Å²) in [5, 5.41) is 3.42. The van der Waals surface area contributed by atoms with Crippen LogP contribution in [0.25, 0.3) is 11.1 Å². The van der Waals surface area contributed by atoms with E-state index in [2.05, 4.69) is 5.32 Å². The molecule has 2 fully saturated rings. The molecular weight excluding hydrogens is 389 g/mol. The van der Waals surface area contributed by atoms with Crippen LogP contribution in [0.3, 0.4) is 0 Å². The number of rotatable bonds is 2. The summed E-state index contributed by atoms with van der Waals surface area (Å²) in [4.78, 5) is 14.7. The van der Waals surface area contributed by atoms with E-state index in [4.69, 9.17) is 0 Å². The maximum absolute atomic E-state index is 13.4. The Hall–Kier alpha value is -2.05. The molecule has 28 heavy (non-hydrogen) atoms. The van der Waals surface area contributed by atoms with Gasteiger partial charge in [-0.1, -0.05) is 12.1 Å². The Morgan fingerprint density at radius 2 is 1.43 bits per heavy atom. The molecule has 150 valence electrons. The summed E-state index contributed by atoms with van der Waals surface area (Å²) >= 11 is 0. The number of halogens is 4. The zero-order valence-corrected chi connectivity index (χ0v) is 16.1. The van der Waals surface area contributed by atoms with Gasteiger partial charge in [-0.2, -0.15) is 0 Å². The number of nitrogens with zero attached hydrogens (tertiary/aromatic N) is 1. The van der Waals surface area contributed by atoms with Crippen LogP contribution in [0.2, 0.25) is 0 Å². The van der Waals surface area contributed by atoms with Gasteiger partial charge in [-0.3, -0.25) is 4.79 Å². The van der Waals surface area contributed by atoms with Crippen molar-refractivity contribution in [3.63, 3.8) is 0 Å². The second-order valence-corrected chi connectivity index (χ2v) is 7.38. The number of nitrogens with one attached hydrogen (secondary N) is 1. The molecule has 2 aliphatic heterocycles. The van der Waals surface area contributed by atoms with E-state index >= 15 is 0 Å². The minimum absolute atomic E-state index is 0. The van der Waals surface area contributed by atoms with Crippen molar-refractivity contribution in [2.45, 2.75) is 12.8 Å². The smallest absolute Gasteiger partial charge is 0.253 e. The zero-order chi connectivity index (χ0) is 19.0. The lowest BCUT2D eigenvalue weighted by molar-refractivity contribution is 0.0758. The lowest BCUT2D eigenvalue weighted by Gasteiger charge is -2.21. The lowest BCUT2D eigenvalue weighted by Crippen LogP contribution is -2.32. The SMILES string of the molecule is Cl.O=C(c1ccc(-c2cc(F)c(F)c(F)c2)cc1)N1CC[C@@H]2CNC[C@@H]2CC1. The normalized spacial score (nSPS) is 21.6. The Morgan fingerprint density at radius 1 is 0.893 bits per heavy atom. The molecule has 0 unspecified atom stereocenters. The average Bonchev–Trinajstić information content (AvgIpc) is 3.03.